The molecule has 0 saturated carbocycles. The molecule has 2 aromatic carbocycles. The summed E-state index contributed by atoms with van der Waals surface area (Å²) in [6.45, 7) is 1.85. The van der Waals surface area contributed by atoms with Crippen molar-refractivity contribution in [2.75, 3.05) is 13.1 Å². The van der Waals surface area contributed by atoms with Crippen molar-refractivity contribution in [1.82, 2.24) is 14.2 Å². The highest BCUT2D eigenvalue weighted by molar-refractivity contribution is 7.88. The normalized spacial score (nSPS) is 15.7. The van der Waals surface area contributed by atoms with Gasteiger partial charge in [0.05, 0.1) is 11.8 Å². The number of halogens is 1. The predicted octanol–water partition coefficient (Wildman–Crippen LogP) is 3.38. The van der Waals surface area contributed by atoms with Crippen molar-refractivity contribution in [2.45, 2.75) is 24.8 Å². The Bertz CT molecular complexity index is 1130. The minimum Gasteiger partial charge on any atom is -0.353 e. The number of sulfonamides is 1. The van der Waals surface area contributed by atoms with Crippen LogP contribution in [0.25, 0.3) is 0 Å². The number of fused-ring (bicyclic) bond motifs is 1. The molecule has 0 aliphatic carbocycles. The number of aryl methyl sites for hydroxylation is 1. The predicted molar refractivity (Wildman–Crippen MR) is 116 cm³/mol. The van der Waals surface area contributed by atoms with Crippen LogP contribution < -0.4 is 4.72 Å². The van der Waals surface area contributed by atoms with E-state index in [0.29, 0.717) is 0 Å². The molecular weight excluding hydrogens is 401 g/mol. The van der Waals surface area contributed by atoms with Crippen LogP contribution in [-0.4, -0.2) is 31.0 Å². The SMILES string of the molecule is Cn1cccc1[C@@H](CNS(=O)(=O)Cc1ccccc1F)N1CCc2ccccc2C1. The molecule has 0 unspecified atom stereocenters. The molecular formula is C23H26FN3O2S. The minimum absolute atomic E-state index is 0.117. The lowest BCUT2D eigenvalue weighted by atomic mass is 9.98. The monoisotopic (exact) mass is 427 g/mol. The molecule has 0 radical (unpaired) electrons. The Balaban J connectivity index is 1.53. The maximum atomic E-state index is 13.9. The quantitative estimate of drug-likeness (QED) is 0.629. The lowest BCUT2D eigenvalue weighted by molar-refractivity contribution is 0.174. The van der Waals surface area contributed by atoms with Crippen LogP contribution in [0, 0.1) is 5.82 Å². The van der Waals surface area contributed by atoms with Gasteiger partial charge >= 0.3 is 0 Å². The van der Waals surface area contributed by atoms with Gasteiger partial charge in [-0.25, -0.2) is 17.5 Å². The number of aromatic nitrogens is 1. The van der Waals surface area contributed by atoms with Crippen LogP contribution in [0.4, 0.5) is 4.39 Å². The lowest BCUT2D eigenvalue weighted by Crippen LogP contribution is -2.41. The van der Waals surface area contributed by atoms with Gasteiger partial charge < -0.3 is 4.57 Å². The fraction of sp³-hybridized carbons (Fsp3) is 0.304. The number of rotatable bonds is 7. The Kier molecular flexibility index (Phi) is 6.04. The standard InChI is InChI=1S/C23H26FN3O2S/c1-26-13-6-11-22(26)23(27-14-12-18-7-2-3-8-19(18)16-27)15-25-30(28,29)17-20-9-4-5-10-21(20)24/h2-11,13,23,25H,12,14-17H2,1H3/t23-/m1/s1. The van der Waals surface area contributed by atoms with Crippen LogP contribution >= 0.6 is 0 Å². The second-order valence-electron chi connectivity index (χ2n) is 7.75. The van der Waals surface area contributed by atoms with Crippen LogP contribution in [-0.2, 0) is 35.8 Å². The van der Waals surface area contributed by atoms with Gasteiger partial charge in [-0.05, 0) is 35.7 Å². The van der Waals surface area contributed by atoms with E-state index in [2.05, 4.69) is 27.8 Å². The average Bonchev–Trinajstić information content (AvgIpc) is 3.15. The van der Waals surface area contributed by atoms with E-state index in [4.69, 9.17) is 0 Å². The van der Waals surface area contributed by atoms with Crippen molar-refractivity contribution in [2.24, 2.45) is 7.05 Å². The fourth-order valence-corrected chi connectivity index (χ4v) is 5.26. The molecule has 7 heteroatoms. The molecule has 3 aromatic rings. The second-order valence-corrected chi connectivity index (χ2v) is 9.55. The minimum atomic E-state index is -3.68. The van der Waals surface area contributed by atoms with E-state index < -0.39 is 15.8 Å². The van der Waals surface area contributed by atoms with Gasteiger partial charge in [0, 0.05) is 44.1 Å². The zero-order valence-electron chi connectivity index (χ0n) is 17.0. The van der Waals surface area contributed by atoms with Crippen molar-refractivity contribution in [3.05, 3.63) is 95.1 Å². The first-order chi connectivity index (χ1) is 14.4. The van der Waals surface area contributed by atoms with Crippen LogP contribution in [0.1, 0.15) is 28.4 Å². The maximum absolute atomic E-state index is 13.9. The van der Waals surface area contributed by atoms with E-state index in [1.54, 1.807) is 12.1 Å². The highest BCUT2D eigenvalue weighted by Gasteiger charge is 2.27. The lowest BCUT2D eigenvalue weighted by Gasteiger charge is -2.36. The largest absolute Gasteiger partial charge is 0.353 e. The highest BCUT2D eigenvalue weighted by Crippen LogP contribution is 2.28. The molecule has 0 spiro atoms. The molecule has 0 bridgehead atoms. The Morgan fingerprint density at radius 1 is 1.03 bits per heavy atom. The van der Waals surface area contributed by atoms with Crippen molar-refractivity contribution < 1.29 is 12.8 Å². The third-order valence-corrected chi connectivity index (χ3v) is 7.02. The smallest absolute Gasteiger partial charge is 0.215 e. The van der Waals surface area contributed by atoms with Gasteiger partial charge in [0.25, 0.3) is 0 Å². The van der Waals surface area contributed by atoms with E-state index in [9.17, 15) is 12.8 Å². The summed E-state index contributed by atoms with van der Waals surface area (Å²) in [5.74, 6) is -0.878. The molecule has 5 nitrogen and oxygen atoms in total. The van der Waals surface area contributed by atoms with Crippen molar-refractivity contribution in [3.8, 4) is 0 Å². The molecule has 0 amide bonds. The second kappa shape index (κ2) is 8.71. The summed E-state index contributed by atoms with van der Waals surface area (Å²) >= 11 is 0. The van der Waals surface area contributed by atoms with Crippen LogP contribution in [0.2, 0.25) is 0 Å². The zero-order valence-corrected chi connectivity index (χ0v) is 17.8. The molecule has 1 N–H and O–H groups in total. The van der Waals surface area contributed by atoms with Gasteiger partial charge in [0.15, 0.2) is 0 Å². The Labute approximate surface area is 177 Å². The van der Waals surface area contributed by atoms with Gasteiger partial charge in [0.1, 0.15) is 5.82 Å². The fourth-order valence-electron chi connectivity index (χ4n) is 4.10. The van der Waals surface area contributed by atoms with E-state index in [1.807, 2.05) is 36.0 Å². The number of hydrogen-bond donors (Lipinski definition) is 1. The molecule has 1 aliphatic rings. The molecule has 158 valence electrons. The van der Waals surface area contributed by atoms with Crippen molar-refractivity contribution in [1.29, 1.82) is 0 Å². The molecule has 30 heavy (non-hydrogen) atoms. The van der Waals surface area contributed by atoms with Gasteiger partial charge in [0.2, 0.25) is 10.0 Å². The molecule has 0 fully saturated rings. The summed E-state index contributed by atoms with van der Waals surface area (Å²) in [7, 11) is -1.71. The van der Waals surface area contributed by atoms with Crippen molar-refractivity contribution >= 4 is 10.0 Å². The van der Waals surface area contributed by atoms with Crippen LogP contribution in [0.15, 0.2) is 66.9 Å². The van der Waals surface area contributed by atoms with Gasteiger partial charge in [-0.15, -0.1) is 0 Å². The summed E-state index contributed by atoms with van der Waals surface area (Å²) in [5, 5.41) is 0. The number of nitrogens with one attached hydrogen (secondary N) is 1. The topological polar surface area (TPSA) is 54.3 Å². The van der Waals surface area contributed by atoms with E-state index >= 15 is 0 Å². The first-order valence-electron chi connectivity index (χ1n) is 10.1. The summed E-state index contributed by atoms with van der Waals surface area (Å²) in [6.07, 6.45) is 2.90. The molecule has 4 rings (SSSR count). The first-order valence-corrected chi connectivity index (χ1v) is 11.7. The number of benzene rings is 2. The van der Waals surface area contributed by atoms with Crippen molar-refractivity contribution in [3.63, 3.8) is 0 Å². The number of hydrogen-bond acceptors (Lipinski definition) is 3. The van der Waals surface area contributed by atoms with Crippen LogP contribution in [0.5, 0.6) is 0 Å². The van der Waals surface area contributed by atoms with Crippen LogP contribution in [0.3, 0.4) is 0 Å². The number of nitrogens with zero attached hydrogens (tertiary/aromatic N) is 2. The Morgan fingerprint density at radius 2 is 1.77 bits per heavy atom. The average molecular weight is 428 g/mol. The summed E-state index contributed by atoms with van der Waals surface area (Å²) in [4.78, 5) is 2.31. The third kappa shape index (κ3) is 4.64. The molecule has 2 heterocycles. The summed E-state index contributed by atoms with van der Waals surface area (Å²) in [6, 6.07) is 18.2. The van der Waals surface area contributed by atoms with E-state index in [1.165, 1.54) is 23.3 Å². The molecule has 1 atom stereocenters. The summed E-state index contributed by atoms with van der Waals surface area (Å²) in [5.41, 5.74) is 3.84. The van der Waals surface area contributed by atoms with E-state index in [0.717, 1.165) is 25.2 Å². The van der Waals surface area contributed by atoms with E-state index in [-0.39, 0.29) is 23.9 Å². The maximum Gasteiger partial charge on any atom is 0.215 e. The van der Waals surface area contributed by atoms with Gasteiger partial charge in [-0.1, -0.05) is 42.5 Å². The third-order valence-electron chi connectivity index (χ3n) is 5.73. The molecule has 0 saturated heterocycles. The van der Waals surface area contributed by atoms with Gasteiger partial charge in [-0.2, -0.15) is 0 Å². The zero-order chi connectivity index (χ0) is 21.1. The Morgan fingerprint density at radius 3 is 2.50 bits per heavy atom. The summed E-state index contributed by atoms with van der Waals surface area (Å²) < 4.78 is 44.0. The molecule has 1 aliphatic heterocycles. The van der Waals surface area contributed by atoms with Gasteiger partial charge in [-0.3, -0.25) is 4.90 Å². The Hall–Kier alpha value is -2.48. The molecule has 1 aromatic heterocycles. The first kappa shape index (κ1) is 20.8. The highest BCUT2D eigenvalue weighted by atomic mass is 32.2.